The van der Waals surface area contributed by atoms with E-state index in [-0.39, 0.29) is 12.0 Å². The lowest BCUT2D eigenvalue weighted by Crippen LogP contribution is -2.33. The third kappa shape index (κ3) is 1.93. The molecular formula is C13H19NO2. The fraction of sp³-hybridized carbons (Fsp3) is 0.538. The van der Waals surface area contributed by atoms with E-state index in [2.05, 4.69) is 18.0 Å². The SMILES string of the molecule is COc1cccc(C2(CO)CCN(C)C2)c1. The van der Waals surface area contributed by atoms with Crippen molar-refractivity contribution >= 4 is 0 Å². The Hall–Kier alpha value is -1.06. The van der Waals surface area contributed by atoms with Gasteiger partial charge in [0.2, 0.25) is 0 Å². The Balaban J connectivity index is 2.33. The van der Waals surface area contributed by atoms with Crippen molar-refractivity contribution in [2.45, 2.75) is 11.8 Å². The molecule has 1 N–H and O–H groups in total. The summed E-state index contributed by atoms with van der Waals surface area (Å²) < 4.78 is 5.24. The summed E-state index contributed by atoms with van der Waals surface area (Å²) in [6.45, 7) is 2.15. The van der Waals surface area contributed by atoms with E-state index in [0.29, 0.717) is 0 Å². The van der Waals surface area contributed by atoms with Gasteiger partial charge in [-0.05, 0) is 37.7 Å². The van der Waals surface area contributed by atoms with Gasteiger partial charge in [-0.15, -0.1) is 0 Å². The summed E-state index contributed by atoms with van der Waals surface area (Å²) in [6, 6.07) is 8.05. The Kier molecular flexibility index (Phi) is 3.17. The summed E-state index contributed by atoms with van der Waals surface area (Å²) in [5, 5.41) is 9.68. The second-order valence-corrected chi connectivity index (χ2v) is 4.66. The van der Waals surface area contributed by atoms with Gasteiger partial charge in [-0.25, -0.2) is 0 Å². The highest BCUT2D eigenvalue weighted by Gasteiger charge is 2.37. The molecule has 0 radical (unpaired) electrons. The van der Waals surface area contributed by atoms with Crippen LogP contribution in [0.15, 0.2) is 24.3 Å². The zero-order chi connectivity index (χ0) is 11.6. The third-order valence-electron chi connectivity index (χ3n) is 3.53. The quantitative estimate of drug-likeness (QED) is 0.834. The fourth-order valence-electron chi connectivity index (χ4n) is 2.49. The number of aliphatic hydroxyl groups excluding tert-OH is 1. The van der Waals surface area contributed by atoms with Gasteiger partial charge in [0.15, 0.2) is 0 Å². The van der Waals surface area contributed by atoms with Gasteiger partial charge in [-0.2, -0.15) is 0 Å². The lowest BCUT2D eigenvalue weighted by Gasteiger charge is -2.27. The molecule has 0 amide bonds. The maximum Gasteiger partial charge on any atom is 0.119 e. The predicted molar refractivity (Wildman–Crippen MR) is 63.9 cm³/mol. The second-order valence-electron chi connectivity index (χ2n) is 4.66. The molecule has 1 unspecified atom stereocenters. The smallest absolute Gasteiger partial charge is 0.119 e. The van der Waals surface area contributed by atoms with Gasteiger partial charge in [-0.3, -0.25) is 0 Å². The van der Waals surface area contributed by atoms with Crippen molar-refractivity contribution in [3.05, 3.63) is 29.8 Å². The number of aliphatic hydroxyl groups is 1. The van der Waals surface area contributed by atoms with Crippen LogP contribution in [0.5, 0.6) is 5.75 Å². The van der Waals surface area contributed by atoms with Gasteiger partial charge in [0.25, 0.3) is 0 Å². The van der Waals surface area contributed by atoms with Crippen LogP contribution in [0.1, 0.15) is 12.0 Å². The van der Waals surface area contributed by atoms with Crippen molar-refractivity contribution in [2.75, 3.05) is 33.9 Å². The van der Waals surface area contributed by atoms with Crippen LogP contribution in [0.4, 0.5) is 0 Å². The van der Waals surface area contributed by atoms with E-state index < -0.39 is 0 Å². The van der Waals surface area contributed by atoms with E-state index in [1.165, 1.54) is 5.56 Å². The molecule has 1 aliphatic heterocycles. The van der Waals surface area contributed by atoms with E-state index in [1.807, 2.05) is 18.2 Å². The molecule has 1 heterocycles. The maximum absolute atomic E-state index is 9.68. The van der Waals surface area contributed by atoms with Crippen molar-refractivity contribution < 1.29 is 9.84 Å². The maximum atomic E-state index is 9.68. The first-order valence-corrected chi connectivity index (χ1v) is 5.64. The van der Waals surface area contributed by atoms with Gasteiger partial charge < -0.3 is 14.7 Å². The highest BCUT2D eigenvalue weighted by Crippen LogP contribution is 2.34. The Morgan fingerprint density at radius 3 is 2.88 bits per heavy atom. The number of methoxy groups -OCH3 is 1. The second kappa shape index (κ2) is 4.44. The Labute approximate surface area is 96.6 Å². The summed E-state index contributed by atoms with van der Waals surface area (Å²) in [7, 11) is 3.77. The molecule has 1 fully saturated rings. The lowest BCUT2D eigenvalue weighted by atomic mass is 9.80. The third-order valence-corrected chi connectivity index (χ3v) is 3.53. The van der Waals surface area contributed by atoms with Crippen LogP contribution in [0.2, 0.25) is 0 Å². The summed E-state index contributed by atoms with van der Waals surface area (Å²) >= 11 is 0. The summed E-state index contributed by atoms with van der Waals surface area (Å²) in [4.78, 5) is 2.26. The Bertz CT molecular complexity index is 367. The Morgan fingerprint density at radius 1 is 1.50 bits per heavy atom. The first-order valence-electron chi connectivity index (χ1n) is 5.64. The van der Waals surface area contributed by atoms with Crippen LogP contribution < -0.4 is 4.74 Å². The molecule has 1 aliphatic rings. The highest BCUT2D eigenvalue weighted by molar-refractivity contribution is 5.35. The molecule has 1 aromatic rings. The molecule has 0 spiro atoms. The minimum absolute atomic E-state index is 0.108. The molecule has 3 nitrogen and oxygen atoms in total. The van der Waals surface area contributed by atoms with E-state index in [0.717, 1.165) is 25.3 Å². The first-order chi connectivity index (χ1) is 7.70. The van der Waals surface area contributed by atoms with Gasteiger partial charge in [0.05, 0.1) is 13.7 Å². The summed E-state index contributed by atoms with van der Waals surface area (Å²) in [5.74, 6) is 0.861. The number of likely N-dealkylation sites (tertiary alicyclic amines) is 1. The van der Waals surface area contributed by atoms with Crippen LogP contribution in [0.25, 0.3) is 0 Å². The van der Waals surface area contributed by atoms with Crippen LogP contribution in [-0.2, 0) is 5.41 Å². The summed E-state index contributed by atoms with van der Waals surface area (Å²) in [6.07, 6.45) is 1.01. The van der Waals surface area contributed by atoms with Crippen LogP contribution in [0, 0.1) is 0 Å². The van der Waals surface area contributed by atoms with E-state index in [9.17, 15) is 5.11 Å². The molecule has 0 aliphatic carbocycles. The minimum atomic E-state index is -0.108. The van der Waals surface area contributed by atoms with Crippen molar-refractivity contribution in [3.8, 4) is 5.75 Å². The monoisotopic (exact) mass is 221 g/mol. The average molecular weight is 221 g/mol. The Morgan fingerprint density at radius 2 is 2.31 bits per heavy atom. The number of nitrogens with zero attached hydrogens (tertiary/aromatic N) is 1. The molecular weight excluding hydrogens is 202 g/mol. The fourth-order valence-corrected chi connectivity index (χ4v) is 2.49. The number of ether oxygens (including phenoxy) is 1. The van der Waals surface area contributed by atoms with E-state index in [4.69, 9.17) is 4.74 Å². The zero-order valence-corrected chi connectivity index (χ0v) is 9.94. The zero-order valence-electron chi connectivity index (χ0n) is 9.94. The van der Waals surface area contributed by atoms with Gasteiger partial charge >= 0.3 is 0 Å². The van der Waals surface area contributed by atoms with Crippen LogP contribution in [0.3, 0.4) is 0 Å². The van der Waals surface area contributed by atoms with Crippen molar-refractivity contribution in [3.63, 3.8) is 0 Å². The van der Waals surface area contributed by atoms with Crippen molar-refractivity contribution in [1.82, 2.24) is 4.90 Å². The highest BCUT2D eigenvalue weighted by atomic mass is 16.5. The standard InChI is InChI=1S/C13H19NO2/c1-14-7-6-13(9-14,10-15)11-4-3-5-12(8-11)16-2/h3-5,8,15H,6-7,9-10H2,1-2H3. The normalized spacial score (nSPS) is 25.9. The van der Waals surface area contributed by atoms with E-state index >= 15 is 0 Å². The molecule has 88 valence electrons. The molecule has 16 heavy (non-hydrogen) atoms. The van der Waals surface area contributed by atoms with Crippen molar-refractivity contribution in [2.24, 2.45) is 0 Å². The molecule has 2 rings (SSSR count). The minimum Gasteiger partial charge on any atom is -0.497 e. The lowest BCUT2D eigenvalue weighted by molar-refractivity contribution is 0.195. The van der Waals surface area contributed by atoms with Gasteiger partial charge in [-0.1, -0.05) is 12.1 Å². The molecule has 1 saturated heterocycles. The summed E-state index contributed by atoms with van der Waals surface area (Å²) in [5.41, 5.74) is 1.07. The van der Waals surface area contributed by atoms with Crippen LogP contribution >= 0.6 is 0 Å². The molecule has 0 aromatic heterocycles. The number of benzene rings is 1. The number of likely N-dealkylation sites (N-methyl/N-ethyl adjacent to an activating group) is 1. The van der Waals surface area contributed by atoms with Crippen LogP contribution in [-0.4, -0.2) is 43.9 Å². The van der Waals surface area contributed by atoms with Crippen molar-refractivity contribution in [1.29, 1.82) is 0 Å². The average Bonchev–Trinajstić information content (AvgIpc) is 2.72. The van der Waals surface area contributed by atoms with E-state index in [1.54, 1.807) is 7.11 Å². The first kappa shape index (κ1) is 11.4. The molecule has 0 bridgehead atoms. The molecule has 1 atom stereocenters. The number of rotatable bonds is 3. The number of hydrogen-bond acceptors (Lipinski definition) is 3. The van der Waals surface area contributed by atoms with Gasteiger partial charge in [0, 0.05) is 12.0 Å². The molecule has 1 aromatic carbocycles. The topological polar surface area (TPSA) is 32.7 Å². The molecule has 3 heteroatoms. The largest absolute Gasteiger partial charge is 0.497 e. The molecule has 0 saturated carbocycles. The predicted octanol–water partition coefficient (Wildman–Crippen LogP) is 1.26. The number of hydrogen-bond donors (Lipinski definition) is 1. The van der Waals surface area contributed by atoms with Gasteiger partial charge in [0.1, 0.15) is 5.75 Å².